The van der Waals surface area contributed by atoms with Gasteiger partial charge in [0.1, 0.15) is 0 Å². The molecule has 0 fully saturated rings. The Bertz CT molecular complexity index is 235. The molecule has 0 amide bonds. The molecule has 0 saturated carbocycles. The number of ether oxygens (including phenoxy) is 1. The first kappa shape index (κ1) is 11.7. The minimum Gasteiger partial charge on any atom is -0.478 e. The smallest absolute Gasteiger partial charge is 0.439 e. The maximum absolute atomic E-state index is 12.1. The van der Waals surface area contributed by atoms with E-state index in [4.69, 9.17) is 5.11 Å². The zero-order valence-corrected chi connectivity index (χ0v) is 6.81. The largest absolute Gasteiger partial charge is 0.478 e. The zero-order valence-electron chi connectivity index (χ0n) is 6.81. The highest BCUT2D eigenvalue weighted by atomic mass is 19.4. The first-order valence-corrected chi connectivity index (χ1v) is 3.11. The predicted octanol–water partition coefficient (Wildman–Crippen LogP) is 0.955. The van der Waals surface area contributed by atoms with Gasteiger partial charge in [0, 0.05) is 6.92 Å². The highest BCUT2D eigenvalue weighted by Crippen LogP contribution is 2.33. The molecule has 1 atom stereocenters. The van der Waals surface area contributed by atoms with Crippen LogP contribution in [0.3, 0.4) is 0 Å². The van der Waals surface area contributed by atoms with Gasteiger partial charge in [0.25, 0.3) is 5.60 Å². The van der Waals surface area contributed by atoms with Gasteiger partial charge in [0.2, 0.25) is 0 Å². The Morgan fingerprint density at radius 1 is 1.31 bits per heavy atom. The highest BCUT2D eigenvalue weighted by Gasteiger charge is 2.60. The van der Waals surface area contributed by atoms with Crippen LogP contribution in [0.5, 0.6) is 0 Å². The van der Waals surface area contributed by atoms with Crippen LogP contribution in [0.15, 0.2) is 0 Å². The molecule has 4 nitrogen and oxygen atoms in total. The molecule has 0 aliphatic carbocycles. The van der Waals surface area contributed by atoms with Crippen LogP contribution in [-0.4, -0.2) is 28.8 Å². The van der Waals surface area contributed by atoms with Crippen molar-refractivity contribution in [1.29, 1.82) is 0 Å². The van der Waals surface area contributed by atoms with E-state index in [1.165, 1.54) is 0 Å². The SMILES string of the molecule is CC(=O)O[C@@](C)(C(=O)O)C(F)(F)F. The summed E-state index contributed by atoms with van der Waals surface area (Å²) in [5, 5.41) is 8.22. The number of alkyl halides is 3. The summed E-state index contributed by atoms with van der Waals surface area (Å²) in [4.78, 5) is 20.4. The molecule has 0 rings (SSSR count). The van der Waals surface area contributed by atoms with E-state index in [0.29, 0.717) is 6.92 Å². The number of aliphatic carboxylic acids is 1. The molecule has 0 spiro atoms. The third-order valence-corrected chi connectivity index (χ3v) is 1.30. The molecule has 0 heterocycles. The van der Waals surface area contributed by atoms with Gasteiger partial charge < -0.3 is 9.84 Å². The van der Waals surface area contributed by atoms with Crippen molar-refractivity contribution in [3.05, 3.63) is 0 Å². The number of carbonyl (C=O) groups is 2. The van der Waals surface area contributed by atoms with Crippen molar-refractivity contribution in [1.82, 2.24) is 0 Å². The molecule has 0 aliphatic rings. The maximum atomic E-state index is 12.1. The molecule has 7 heteroatoms. The third kappa shape index (κ3) is 2.33. The molecule has 0 aromatic heterocycles. The monoisotopic (exact) mass is 200 g/mol. The van der Waals surface area contributed by atoms with Gasteiger partial charge in [-0.25, -0.2) is 4.79 Å². The number of esters is 1. The lowest BCUT2D eigenvalue weighted by atomic mass is 10.1. The second-order valence-corrected chi connectivity index (χ2v) is 2.43. The van der Waals surface area contributed by atoms with Gasteiger partial charge in [-0.2, -0.15) is 13.2 Å². The highest BCUT2D eigenvalue weighted by molar-refractivity contribution is 5.81. The van der Waals surface area contributed by atoms with Crippen molar-refractivity contribution in [3.63, 3.8) is 0 Å². The normalized spacial score (nSPS) is 16.1. The van der Waals surface area contributed by atoms with E-state index in [0.717, 1.165) is 0 Å². The van der Waals surface area contributed by atoms with Crippen molar-refractivity contribution < 1.29 is 32.6 Å². The average molecular weight is 200 g/mol. The van der Waals surface area contributed by atoms with Crippen LogP contribution in [0.25, 0.3) is 0 Å². The summed E-state index contributed by atoms with van der Waals surface area (Å²) in [5.41, 5.74) is -3.47. The molecule has 0 unspecified atom stereocenters. The lowest BCUT2D eigenvalue weighted by molar-refractivity contribution is -0.262. The van der Waals surface area contributed by atoms with Crippen molar-refractivity contribution in [2.24, 2.45) is 0 Å². The Hall–Kier alpha value is -1.27. The maximum Gasteiger partial charge on any atom is 0.439 e. The molecular weight excluding hydrogens is 193 g/mol. The van der Waals surface area contributed by atoms with E-state index < -0.39 is 23.7 Å². The van der Waals surface area contributed by atoms with E-state index in [2.05, 4.69) is 4.74 Å². The van der Waals surface area contributed by atoms with Crippen molar-refractivity contribution in [2.75, 3.05) is 0 Å². The molecule has 0 radical (unpaired) electrons. The first-order chi connectivity index (χ1) is 5.61. The van der Waals surface area contributed by atoms with E-state index in [-0.39, 0.29) is 6.92 Å². The number of carboxylic acids is 1. The fourth-order valence-electron chi connectivity index (χ4n) is 0.510. The van der Waals surface area contributed by atoms with Crippen LogP contribution in [0.4, 0.5) is 13.2 Å². The Labute approximate surface area is 71.3 Å². The summed E-state index contributed by atoms with van der Waals surface area (Å²) in [6.07, 6.45) is -5.13. The third-order valence-electron chi connectivity index (χ3n) is 1.30. The summed E-state index contributed by atoms with van der Waals surface area (Å²) in [6, 6.07) is 0. The molecule has 0 aliphatic heterocycles. The summed E-state index contributed by atoms with van der Waals surface area (Å²) < 4.78 is 39.9. The van der Waals surface area contributed by atoms with Crippen LogP contribution < -0.4 is 0 Å². The van der Waals surface area contributed by atoms with Crippen LogP contribution >= 0.6 is 0 Å². The van der Waals surface area contributed by atoms with Gasteiger partial charge in [0.15, 0.2) is 0 Å². The molecular formula is C6H7F3O4. The summed E-state index contributed by atoms with van der Waals surface area (Å²) in [7, 11) is 0. The molecule has 0 saturated heterocycles. The second kappa shape index (κ2) is 3.23. The number of rotatable bonds is 2. The minimum absolute atomic E-state index is 0.275. The Morgan fingerprint density at radius 3 is 1.77 bits per heavy atom. The van der Waals surface area contributed by atoms with Gasteiger partial charge in [-0.1, -0.05) is 0 Å². The molecule has 76 valence electrons. The van der Waals surface area contributed by atoms with Crippen LogP contribution in [0.1, 0.15) is 13.8 Å². The molecule has 13 heavy (non-hydrogen) atoms. The van der Waals surface area contributed by atoms with E-state index >= 15 is 0 Å². The van der Waals surface area contributed by atoms with Crippen molar-refractivity contribution in [2.45, 2.75) is 25.6 Å². The van der Waals surface area contributed by atoms with Gasteiger partial charge in [0.05, 0.1) is 0 Å². The minimum atomic E-state index is -5.13. The van der Waals surface area contributed by atoms with Crippen LogP contribution in [0.2, 0.25) is 0 Å². The van der Waals surface area contributed by atoms with Crippen molar-refractivity contribution >= 4 is 11.9 Å². The van der Waals surface area contributed by atoms with Crippen LogP contribution in [-0.2, 0) is 14.3 Å². The Morgan fingerprint density at radius 2 is 1.69 bits per heavy atom. The summed E-state index contributed by atoms with van der Waals surface area (Å²) in [5.74, 6) is -3.56. The number of carbonyl (C=O) groups excluding carboxylic acids is 1. The fourth-order valence-corrected chi connectivity index (χ4v) is 0.510. The van der Waals surface area contributed by atoms with Crippen LogP contribution in [0, 0.1) is 0 Å². The van der Waals surface area contributed by atoms with Gasteiger partial charge >= 0.3 is 18.1 Å². The molecule has 1 N–H and O–H groups in total. The van der Waals surface area contributed by atoms with Gasteiger partial charge in [-0.3, -0.25) is 4.79 Å². The number of hydrogen-bond donors (Lipinski definition) is 1. The zero-order chi connectivity index (χ0) is 10.9. The van der Waals surface area contributed by atoms with Gasteiger partial charge in [-0.05, 0) is 6.92 Å². The van der Waals surface area contributed by atoms with E-state index in [9.17, 15) is 22.8 Å². The Balaban J connectivity index is 4.96. The van der Waals surface area contributed by atoms with Crippen molar-refractivity contribution in [3.8, 4) is 0 Å². The fraction of sp³-hybridized carbons (Fsp3) is 0.667. The first-order valence-electron chi connectivity index (χ1n) is 3.11. The van der Waals surface area contributed by atoms with Gasteiger partial charge in [-0.15, -0.1) is 0 Å². The Kier molecular flexibility index (Phi) is 2.92. The lowest BCUT2D eigenvalue weighted by Crippen LogP contribution is -2.52. The lowest BCUT2D eigenvalue weighted by Gasteiger charge is -2.26. The molecule has 0 bridgehead atoms. The predicted molar refractivity (Wildman–Crippen MR) is 33.9 cm³/mol. The summed E-state index contributed by atoms with van der Waals surface area (Å²) in [6.45, 7) is 0.976. The standard InChI is InChI=1S/C6H7F3O4/c1-3(10)13-5(2,4(11)12)6(7,8)9/h1-2H3,(H,11,12)/t5-/m0/s1. The number of halogens is 3. The van der Waals surface area contributed by atoms with E-state index in [1.54, 1.807) is 0 Å². The quantitative estimate of drug-likeness (QED) is 0.674. The topological polar surface area (TPSA) is 63.6 Å². The number of hydrogen-bond acceptors (Lipinski definition) is 3. The molecule has 0 aromatic rings. The average Bonchev–Trinajstić information content (AvgIpc) is 1.82. The van der Waals surface area contributed by atoms with E-state index in [1.807, 2.05) is 0 Å². The number of carboxylic acid groups (broad SMARTS) is 1. The summed E-state index contributed by atoms with van der Waals surface area (Å²) >= 11 is 0. The second-order valence-electron chi connectivity index (χ2n) is 2.43. The molecule has 0 aromatic carbocycles.